The van der Waals surface area contributed by atoms with Gasteiger partial charge in [0.05, 0.1) is 17.8 Å². The Hall–Kier alpha value is -2.35. The Balaban J connectivity index is 1.67. The van der Waals surface area contributed by atoms with Gasteiger partial charge in [-0.05, 0) is 12.1 Å². The van der Waals surface area contributed by atoms with Gasteiger partial charge in [-0.3, -0.25) is 0 Å². The number of amides is 2. The largest absolute Gasteiger partial charge is 0.476 e. The van der Waals surface area contributed by atoms with Crippen molar-refractivity contribution in [3.63, 3.8) is 0 Å². The summed E-state index contributed by atoms with van der Waals surface area (Å²) in [5, 5.41) is 16.2. The van der Waals surface area contributed by atoms with E-state index in [1.807, 2.05) is 0 Å². The smallest absolute Gasteiger partial charge is 0.355 e. The van der Waals surface area contributed by atoms with Crippen LogP contribution in [0.4, 0.5) is 4.79 Å². The second kappa shape index (κ2) is 6.71. The number of furan rings is 1. The monoisotopic (exact) mass is 295 g/mol. The van der Waals surface area contributed by atoms with E-state index in [0.717, 1.165) is 0 Å². The van der Waals surface area contributed by atoms with Crippen LogP contribution in [0.3, 0.4) is 0 Å². The second-order valence-electron chi connectivity index (χ2n) is 3.87. The lowest BCUT2D eigenvalue weighted by Crippen LogP contribution is -2.36. The van der Waals surface area contributed by atoms with E-state index in [-0.39, 0.29) is 11.7 Å². The number of nitrogens with zero attached hydrogens (tertiary/aromatic N) is 1. The Labute approximate surface area is 118 Å². The fourth-order valence-electron chi connectivity index (χ4n) is 1.45. The van der Waals surface area contributed by atoms with Gasteiger partial charge in [0.2, 0.25) is 0 Å². The highest BCUT2D eigenvalue weighted by molar-refractivity contribution is 7.09. The molecule has 0 aliphatic heterocycles. The molecule has 0 aliphatic rings. The summed E-state index contributed by atoms with van der Waals surface area (Å²) in [5.74, 6) is -0.372. The van der Waals surface area contributed by atoms with Gasteiger partial charge in [0.15, 0.2) is 5.69 Å². The number of nitrogens with one attached hydrogen (secondary N) is 2. The Bertz CT molecular complexity index is 579. The van der Waals surface area contributed by atoms with Crippen molar-refractivity contribution in [3.05, 3.63) is 40.2 Å². The van der Waals surface area contributed by atoms with Crippen molar-refractivity contribution in [2.45, 2.75) is 13.0 Å². The number of thiazole rings is 1. The maximum absolute atomic E-state index is 11.5. The van der Waals surface area contributed by atoms with Gasteiger partial charge in [-0.2, -0.15) is 0 Å². The highest BCUT2D eigenvalue weighted by Crippen LogP contribution is 2.09. The molecule has 2 heterocycles. The number of carbonyl (C=O) groups excluding carboxylic acids is 1. The van der Waals surface area contributed by atoms with Crippen molar-refractivity contribution in [3.8, 4) is 0 Å². The van der Waals surface area contributed by atoms with E-state index in [1.54, 1.807) is 12.1 Å². The molecule has 2 aromatic heterocycles. The molecule has 0 saturated heterocycles. The third-order valence-corrected chi connectivity index (χ3v) is 3.31. The van der Waals surface area contributed by atoms with Gasteiger partial charge in [-0.15, -0.1) is 11.3 Å². The van der Waals surface area contributed by atoms with E-state index in [9.17, 15) is 9.59 Å². The Kier molecular flexibility index (Phi) is 4.72. The van der Waals surface area contributed by atoms with Gasteiger partial charge in [0, 0.05) is 18.3 Å². The van der Waals surface area contributed by atoms with E-state index >= 15 is 0 Å². The molecule has 7 nitrogen and oxygen atoms in total. The quantitative estimate of drug-likeness (QED) is 0.748. The first kappa shape index (κ1) is 14.1. The number of hydrogen-bond donors (Lipinski definition) is 3. The van der Waals surface area contributed by atoms with Crippen LogP contribution in [-0.2, 0) is 13.0 Å². The molecule has 0 fully saturated rings. The number of carboxylic acids is 1. The molecule has 0 aromatic carbocycles. The van der Waals surface area contributed by atoms with Crippen molar-refractivity contribution >= 4 is 23.3 Å². The van der Waals surface area contributed by atoms with Crippen LogP contribution in [-0.4, -0.2) is 28.6 Å². The molecule has 0 radical (unpaired) electrons. The molecule has 0 bridgehead atoms. The SMILES string of the molecule is O=C(NCCc1nc(C(=O)O)cs1)NCc1ccco1. The van der Waals surface area contributed by atoms with Gasteiger partial charge in [0.25, 0.3) is 0 Å². The lowest BCUT2D eigenvalue weighted by molar-refractivity contribution is 0.0691. The normalized spacial score (nSPS) is 10.2. The van der Waals surface area contributed by atoms with E-state index < -0.39 is 5.97 Å². The number of urea groups is 1. The van der Waals surface area contributed by atoms with E-state index in [2.05, 4.69) is 15.6 Å². The summed E-state index contributed by atoms with van der Waals surface area (Å²) in [6.07, 6.45) is 2.03. The molecule has 8 heteroatoms. The molecule has 0 spiro atoms. The summed E-state index contributed by atoms with van der Waals surface area (Å²) in [7, 11) is 0. The minimum absolute atomic E-state index is 0.0345. The average Bonchev–Trinajstić information content (AvgIpc) is 3.07. The zero-order chi connectivity index (χ0) is 14.4. The first-order valence-corrected chi connectivity index (χ1v) is 6.75. The van der Waals surface area contributed by atoms with Crippen LogP contribution in [0.5, 0.6) is 0 Å². The fourth-order valence-corrected chi connectivity index (χ4v) is 2.22. The molecule has 2 amide bonds. The summed E-state index contributed by atoms with van der Waals surface area (Å²) in [6.45, 7) is 0.704. The van der Waals surface area contributed by atoms with E-state index in [4.69, 9.17) is 9.52 Å². The van der Waals surface area contributed by atoms with Crippen LogP contribution < -0.4 is 10.6 Å². The zero-order valence-electron chi connectivity index (χ0n) is 10.5. The topological polar surface area (TPSA) is 104 Å². The lowest BCUT2D eigenvalue weighted by Gasteiger charge is -2.05. The van der Waals surface area contributed by atoms with Crippen LogP contribution in [0.1, 0.15) is 21.3 Å². The molecule has 3 N–H and O–H groups in total. The van der Waals surface area contributed by atoms with Crippen LogP contribution in [0.2, 0.25) is 0 Å². The highest BCUT2D eigenvalue weighted by atomic mass is 32.1. The second-order valence-corrected chi connectivity index (χ2v) is 4.81. The van der Waals surface area contributed by atoms with Crippen molar-refractivity contribution in [1.29, 1.82) is 0 Å². The third-order valence-electron chi connectivity index (χ3n) is 2.40. The molecule has 0 aliphatic carbocycles. The van der Waals surface area contributed by atoms with Crippen LogP contribution in [0.25, 0.3) is 0 Å². The lowest BCUT2D eigenvalue weighted by atomic mass is 10.4. The molecule has 0 saturated carbocycles. The summed E-state index contributed by atoms with van der Waals surface area (Å²) in [4.78, 5) is 26.0. The summed E-state index contributed by atoms with van der Waals surface area (Å²) < 4.78 is 5.08. The molecule has 106 valence electrons. The Morgan fingerprint density at radius 1 is 1.40 bits per heavy atom. The molecule has 0 unspecified atom stereocenters. The molecular formula is C12H13N3O4S. The minimum atomic E-state index is -1.04. The van der Waals surface area contributed by atoms with Gasteiger partial charge in [0.1, 0.15) is 5.76 Å². The number of aromatic carboxylic acids is 1. The number of hydrogen-bond acceptors (Lipinski definition) is 5. The van der Waals surface area contributed by atoms with Gasteiger partial charge in [-0.25, -0.2) is 14.6 Å². The molecule has 2 aromatic rings. The van der Waals surface area contributed by atoms with Gasteiger partial charge >= 0.3 is 12.0 Å². The number of rotatable bonds is 6. The van der Waals surface area contributed by atoms with E-state index in [0.29, 0.717) is 30.3 Å². The minimum Gasteiger partial charge on any atom is -0.476 e. The predicted molar refractivity (Wildman–Crippen MR) is 71.7 cm³/mol. The average molecular weight is 295 g/mol. The Morgan fingerprint density at radius 2 is 2.25 bits per heavy atom. The number of aromatic nitrogens is 1. The Morgan fingerprint density at radius 3 is 2.90 bits per heavy atom. The van der Waals surface area contributed by atoms with E-state index in [1.165, 1.54) is 23.0 Å². The van der Waals surface area contributed by atoms with Crippen molar-refractivity contribution < 1.29 is 19.1 Å². The van der Waals surface area contributed by atoms with Gasteiger partial charge < -0.3 is 20.2 Å². The summed E-state index contributed by atoms with van der Waals surface area (Å²) >= 11 is 1.26. The van der Waals surface area contributed by atoms with Crippen LogP contribution >= 0.6 is 11.3 Å². The van der Waals surface area contributed by atoms with Crippen LogP contribution in [0, 0.1) is 0 Å². The van der Waals surface area contributed by atoms with Crippen molar-refractivity contribution in [2.24, 2.45) is 0 Å². The highest BCUT2D eigenvalue weighted by Gasteiger charge is 2.08. The summed E-state index contributed by atoms with van der Waals surface area (Å²) in [5.41, 5.74) is 0.0345. The maximum Gasteiger partial charge on any atom is 0.355 e. The van der Waals surface area contributed by atoms with Crippen molar-refractivity contribution in [2.75, 3.05) is 6.54 Å². The van der Waals surface area contributed by atoms with Gasteiger partial charge in [-0.1, -0.05) is 0 Å². The molecule has 20 heavy (non-hydrogen) atoms. The molecule has 0 atom stereocenters. The first-order valence-electron chi connectivity index (χ1n) is 5.87. The zero-order valence-corrected chi connectivity index (χ0v) is 11.3. The fraction of sp³-hybridized carbons (Fsp3) is 0.250. The maximum atomic E-state index is 11.5. The predicted octanol–water partition coefficient (Wildman–Crippen LogP) is 1.48. The standard InChI is InChI=1S/C12H13N3O4S/c16-11(17)9-7-20-10(15-9)3-4-13-12(18)14-6-8-2-1-5-19-8/h1-2,5,7H,3-4,6H2,(H,16,17)(H2,13,14,18). The first-order chi connectivity index (χ1) is 9.65. The summed E-state index contributed by atoms with van der Waals surface area (Å²) in [6, 6.07) is 3.21. The van der Waals surface area contributed by atoms with Crippen LogP contribution in [0.15, 0.2) is 28.2 Å². The van der Waals surface area contributed by atoms with Crippen molar-refractivity contribution in [1.82, 2.24) is 15.6 Å². The number of carboxylic acid groups (broad SMARTS) is 1. The third kappa shape index (κ3) is 4.09. The number of carbonyl (C=O) groups is 2. The molecular weight excluding hydrogens is 282 g/mol. The molecule has 2 rings (SSSR count).